The van der Waals surface area contributed by atoms with Gasteiger partial charge in [0.25, 0.3) is 0 Å². The van der Waals surface area contributed by atoms with Crippen LogP contribution in [0.4, 0.5) is 5.82 Å². The molecule has 0 bridgehead atoms. The number of ether oxygens (including phenoxy) is 2. The van der Waals surface area contributed by atoms with E-state index in [2.05, 4.69) is 19.7 Å². The molecule has 0 saturated heterocycles. The van der Waals surface area contributed by atoms with E-state index in [9.17, 15) is 8.42 Å². The summed E-state index contributed by atoms with van der Waals surface area (Å²) >= 11 is 1.37. The van der Waals surface area contributed by atoms with Crippen LogP contribution in [0.3, 0.4) is 0 Å². The standard InChI is InChI=1S/C21H20N6O5S2/c22-19-18-20(24-10-23-19)27(6-5-25-34(28,29)12-3-4-12)21(26-18)33-17-9-16-15(31-11-32-16)8-13(17)14-2-1-7-30-14/h1-2,7-10,12,25H,3-6,11H2,(H2,22,23,24). The van der Waals surface area contributed by atoms with Gasteiger partial charge in [0.05, 0.1) is 11.5 Å². The normalized spacial score (nSPS) is 15.3. The summed E-state index contributed by atoms with van der Waals surface area (Å²) in [5.41, 5.74) is 7.85. The van der Waals surface area contributed by atoms with Crippen LogP contribution in [-0.4, -0.2) is 46.5 Å². The highest BCUT2D eigenvalue weighted by Gasteiger charge is 2.35. The lowest BCUT2D eigenvalue weighted by atomic mass is 10.1. The smallest absolute Gasteiger partial charge is 0.231 e. The minimum atomic E-state index is -3.31. The maximum Gasteiger partial charge on any atom is 0.231 e. The number of nitrogens with two attached hydrogens (primary N) is 1. The van der Waals surface area contributed by atoms with E-state index in [1.54, 1.807) is 6.26 Å². The number of hydrogen-bond donors (Lipinski definition) is 2. The number of sulfonamides is 1. The number of furan rings is 1. The van der Waals surface area contributed by atoms with Crippen LogP contribution < -0.4 is 19.9 Å². The van der Waals surface area contributed by atoms with Crippen LogP contribution in [0.1, 0.15) is 12.8 Å². The van der Waals surface area contributed by atoms with Crippen LogP contribution in [-0.2, 0) is 16.6 Å². The van der Waals surface area contributed by atoms with Gasteiger partial charge in [-0.2, -0.15) is 0 Å². The first kappa shape index (κ1) is 21.3. The van der Waals surface area contributed by atoms with Crippen molar-refractivity contribution in [2.75, 3.05) is 19.1 Å². The lowest BCUT2D eigenvalue weighted by molar-refractivity contribution is 0.174. The SMILES string of the molecule is Nc1ncnc2c1nc(Sc1cc3c(cc1-c1ccco1)OCO3)n2CCNS(=O)(=O)C1CC1. The van der Waals surface area contributed by atoms with Gasteiger partial charge in [0.15, 0.2) is 33.6 Å². The molecule has 1 aliphatic heterocycles. The van der Waals surface area contributed by atoms with Crippen molar-refractivity contribution in [1.29, 1.82) is 0 Å². The van der Waals surface area contributed by atoms with Gasteiger partial charge in [0.2, 0.25) is 16.8 Å². The van der Waals surface area contributed by atoms with Crippen molar-refractivity contribution in [3.05, 3.63) is 36.9 Å². The van der Waals surface area contributed by atoms with E-state index in [0.29, 0.717) is 53.0 Å². The monoisotopic (exact) mass is 500 g/mol. The number of anilines is 1. The fraction of sp³-hybridized carbons (Fsp3) is 0.286. The van der Waals surface area contributed by atoms with Crippen LogP contribution in [0.2, 0.25) is 0 Å². The summed E-state index contributed by atoms with van der Waals surface area (Å²) < 4.78 is 45.8. The predicted molar refractivity (Wildman–Crippen MR) is 124 cm³/mol. The average molecular weight is 501 g/mol. The fourth-order valence-electron chi connectivity index (χ4n) is 3.74. The van der Waals surface area contributed by atoms with E-state index in [0.717, 1.165) is 10.5 Å². The lowest BCUT2D eigenvalue weighted by Crippen LogP contribution is -2.30. The maximum absolute atomic E-state index is 12.3. The fourth-order valence-corrected chi connectivity index (χ4v) is 6.17. The van der Waals surface area contributed by atoms with E-state index in [1.165, 1.54) is 18.1 Å². The third-order valence-electron chi connectivity index (χ3n) is 5.59. The zero-order chi connectivity index (χ0) is 23.3. The Morgan fingerprint density at radius 2 is 2.03 bits per heavy atom. The van der Waals surface area contributed by atoms with Gasteiger partial charge in [-0.15, -0.1) is 0 Å². The zero-order valence-electron chi connectivity index (χ0n) is 17.8. The predicted octanol–water partition coefficient (Wildman–Crippen LogP) is 2.63. The second kappa shape index (κ2) is 8.18. The van der Waals surface area contributed by atoms with E-state index >= 15 is 0 Å². The van der Waals surface area contributed by atoms with Gasteiger partial charge in [-0.05, 0) is 37.1 Å². The minimum absolute atomic E-state index is 0.146. The van der Waals surface area contributed by atoms with Gasteiger partial charge >= 0.3 is 0 Å². The largest absolute Gasteiger partial charge is 0.464 e. The van der Waals surface area contributed by atoms with E-state index < -0.39 is 10.0 Å². The molecule has 3 aromatic heterocycles. The number of nitrogen functional groups attached to an aromatic ring is 1. The Bertz CT molecular complexity index is 1480. The molecular weight excluding hydrogens is 480 g/mol. The van der Waals surface area contributed by atoms with Crippen LogP contribution in [0.25, 0.3) is 22.5 Å². The Morgan fingerprint density at radius 1 is 1.21 bits per heavy atom. The summed E-state index contributed by atoms with van der Waals surface area (Å²) in [6.07, 6.45) is 4.38. The summed E-state index contributed by atoms with van der Waals surface area (Å²) in [6, 6.07) is 7.42. The minimum Gasteiger partial charge on any atom is -0.464 e. The number of nitrogens with one attached hydrogen (secondary N) is 1. The Labute approximate surface area is 198 Å². The third-order valence-corrected chi connectivity index (χ3v) is 8.60. The molecule has 13 heteroatoms. The molecule has 0 radical (unpaired) electrons. The molecule has 4 heterocycles. The lowest BCUT2D eigenvalue weighted by Gasteiger charge is -2.12. The summed E-state index contributed by atoms with van der Waals surface area (Å²) in [4.78, 5) is 13.9. The highest BCUT2D eigenvalue weighted by atomic mass is 32.2. The van der Waals surface area contributed by atoms with Gasteiger partial charge in [-0.3, -0.25) is 0 Å². The molecule has 34 heavy (non-hydrogen) atoms. The molecule has 4 aromatic rings. The van der Waals surface area contributed by atoms with Crippen molar-refractivity contribution in [3.63, 3.8) is 0 Å². The quantitative estimate of drug-likeness (QED) is 0.370. The van der Waals surface area contributed by atoms with E-state index in [1.807, 2.05) is 28.8 Å². The van der Waals surface area contributed by atoms with Gasteiger partial charge in [0.1, 0.15) is 12.1 Å². The molecule has 1 fully saturated rings. The number of hydrogen-bond acceptors (Lipinski definition) is 10. The Balaban J connectivity index is 1.38. The number of fused-ring (bicyclic) bond motifs is 2. The number of imidazole rings is 1. The molecule has 1 aliphatic carbocycles. The number of rotatable bonds is 8. The first-order valence-electron chi connectivity index (χ1n) is 10.6. The second-order valence-electron chi connectivity index (χ2n) is 7.90. The van der Waals surface area contributed by atoms with E-state index in [-0.39, 0.29) is 24.4 Å². The molecular formula is C21H20N6O5S2. The Hall–Kier alpha value is -3.29. The highest BCUT2D eigenvalue weighted by Crippen LogP contribution is 2.45. The van der Waals surface area contributed by atoms with Crippen molar-refractivity contribution < 1.29 is 22.3 Å². The molecule has 0 atom stereocenters. The van der Waals surface area contributed by atoms with Crippen molar-refractivity contribution in [3.8, 4) is 22.8 Å². The molecule has 0 amide bonds. The highest BCUT2D eigenvalue weighted by molar-refractivity contribution is 7.99. The second-order valence-corrected chi connectivity index (χ2v) is 11.0. The van der Waals surface area contributed by atoms with Gasteiger partial charge < -0.3 is 24.2 Å². The van der Waals surface area contributed by atoms with Crippen LogP contribution >= 0.6 is 11.8 Å². The third kappa shape index (κ3) is 3.85. The number of nitrogens with zero attached hydrogens (tertiary/aromatic N) is 4. The van der Waals surface area contributed by atoms with Crippen molar-refractivity contribution in [2.24, 2.45) is 0 Å². The number of aromatic nitrogens is 4. The Kier molecular flexibility index (Phi) is 5.12. The number of benzene rings is 1. The van der Waals surface area contributed by atoms with E-state index in [4.69, 9.17) is 19.6 Å². The van der Waals surface area contributed by atoms with Crippen LogP contribution in [0.15, 0.2) is 51.3 Å². The molecule has 6 rings (SSSR count). The molecule has 11 nitrogen and oxygen atoms in total. The zero-order valence-corrected chi connectivity index (χ0v) is 19.4. The van der Waals surface area contributed by atoms with Gasteiger partial charge in [0, 0.05) is 23.5 Å². The molecule has 176 valence electrons. The first-order valence-corrected chi connectivity index (χ1v) is 13.0. The maximum atomic E-state index is 12.3. The summed E-state index contributed by atoms with van der Waals surface area (Å²) in [5, 5.41) is 0.294. The molecule has 1 saturated carbocycles. The Morgan fingerprint density at radius 3 is 2.79 bits per heavy atom. The van der Waals surface area contributed by atoms with Crippen LogP contribution in [0, 0.1) is 0 Å². The summed E-state index contributed by atoms with van der Waals surface area (Å²) in [5.74, 6) is 2.17. The van der Waals surface area contributed by atoms with Crippen molar-refractivity contribution in [1.82, 2.24) is 24.2 Å². The van der Waals surface area contributed by atoms with Crippen molar-refractivity contribution in [2.45, 2.75) is 34.7 Å². The van der Waals surface area contributed by atoms with Gasteiger partial charge in [-0.25, -0.2) is 28.1 Å². The molecule has 3 N–H and O–H groups in total. The molecule has 0 unspecified atom stereocenters. The van der Waals surface area contributed by atoms with Gasteiger partial charge in [-0.1, -0.05) is 11.8 Å². The molecule has 2 aliphatic rings. The summed E-state index contributed by atoms with van der Waals surface area (Å²) in [6.45, 7) is 0.669. The topological polar surface area (TPSA) is 147 Å². The first-order chi connectivity index (χ1) is 16.5. The summed E-state index contributed by atoms with van der Waals surface area (Å²) in [7, 11) is -3.31. The molecule has 0 spiro atoms. The average Bonchev–Trinajstić information content (AvgIpc) is 3.21. The van der Waals surface area contributed by atoms with Crippen LogP contribution in [0.5, 0.6) is 11.5 Å². The molecule has 1 aromatic carbocycles. The van der Waals surface area contributed by atoms with Crippen molar-refractivity contribution >= 4 is 38.8 Å².